The van der Waals surface area contributed by atoms with E-state index in [1.165, 1.54) is 11.6 Å². The first-order valence-electron chi connectivity index (χ1n) is 9.35. The molecule has 1 aliphatic rings. The molecule has 0 spiro atoms. The summed E-state index contributed by atoms with van der Waals surface area (Å²) in [6, 6.07) is 16.9. The van der Waals surface area contributed by atoms with E-state index in [0.29, 0.717) is 6.54 Å². The van der Waals surface area contributed by atoms with Crippen molar-refractivity contribution in [1.82, 2.24) is 4.57 Å². The second kappa shape index (κ2) is 7.03. The highest BCUT2D eigenvalue weighted by atomic mass is 19.1. The molecule has 0 saturated heterocycles. The van der Waals surface area contributed by atoms with Crippen LogP contribution in [-0.2, 0) is 13.0 Å². The maximum Gasteiger partial charge on any atom is 0.260 e. The van der Waals surface area contributed by atoms with Crippen molar-refractivity contribution in [2.45, 2.75) is 33.2 Å². The minimum Gasteiger partial charge on any atom is -0.344 e. The van der Waals surface area contributed by atoms with Crippen LogP contribution in [-0.4, -0.2) is 17.0 Å². The van der Waals surface area contributed by atoms with Crippen molar-refractivity contribution >= 4 is 11.6 Å². The van der Waals surface area contributed by atoms with Crippen molar-refractivity contribution in [2.75, 3.05) is 11.4 Å². The first-order valence-corrected chi connectivity index (χ1v) is 9.35. The number of halogens is 1. The van der Waals surface area contributed by atoms with Crippen LogP contribution >= 0.6 is 0 Å². The van der Waals surface area contributed by atoms with Crippen molar-refractivity contribution < 1.29 is 9.18 Å². The summed E-state index contributed by atoms with van der Waals surface area (Å²) in [6.07, 6.45) is 1.66. The summed E-state index contributed by atoms with van der Waals surface area (Å²) in [6.45, 7) is 5.44. The Morgan fingerprint density at radius 2 is 1.85 bits per heavy atom. The molecule has 1 amide bonds. The molecule has 138 valence electrons. The molecule has 27 heavy (non-hydrogen) atoms. The van der Waals surface area contributed by atoms with Crippen LogP contribution in [0.25, 0.3) is 0 Å². The average molecular weight is 362 g/mol. The quantitative estimate of drug-likeness (QED) is 0.651. The minimum absolute atomic E-state index is 0.00466. The Balaban J connectivity index is 1.67. The molecule has 0 radical (unpaired) electrons. The van der Waals surface area contributed by atoms with Gasteiger partial charge < -0.3 is 9.47 Å². The number of hydrogen-bond acceptors (Lipinski definition) is 1. The molecule has 0 N–H and O–H groups in total. The lowest BCUT2D eigenvalue weighted by Gasteiger charge is -2.29. The highest BCUT2D eigenvalue weighted by molar-refractivity contribution is 6.07. The molecule has 4 heteroatoms. The van der Waals surface area contributed by atoms with Gasteiger partial charge in [0, 0.05) is 30.2 Å². The van der Waals surface area contributed by atoms with E-state index < -0.39 is 0 Å². The van der Waals surface area contributed by atoms with Gasteiger partial charge in [-0.3, -0.25) is 4.79 Å². The lowest BCUT2D eigenvalue weighted by atomic mass is 10.0. The summed E-state index contributed by atoms with van der Waals surface area (Å²) < 4.78 is 15.7. The van der Waals surface area contributed by atoms with Gasteiger partial charge in [-0.05, 0) is 62.1 Å². The molecule has 4 rings (SSSR count). The van der Waals surface area contributed by atoms with Crippen LogP contribution < -0.4 is 4.90 Å². The van der Waals surface area contributed by atoms with Crippen molar-refractivity contribution in [1.29, 1.82) is 0 Å². The molecule has 0 bridgehead atoms. The van der Waals surface area contributed by atoms with E-state index in [4.69, 9.17) is 0 Å². The monoisotopic (exact) mass is 362 g/mol. The van der Waals surface area contributed by atoms with Crippen LogP contribution in [0.15, 0.2) is 54.6 Å². The summed E-state index contributed by atoms with van der Waals surface area (Å²) in [5, 5.41) is 0. The van der Waals surface area contributed by atoms with Crippen molar-refractivity contribution in [3.8, 4) is 0 Å². The lowest BCUT2D eigenvalue weighted by molar-refractivity contribution is 0.0984. The number of aromatic nitrogens is 1. The zero-order valence-corrected chi connectivity index (χ0v) is 15.7. The van der Waals surface area contributed by atoms with Gasteiger partial charge in [0.05, 0.1) is 5.56 Å². The van der Waals surface area contributed by atoms with Gasteiger partial charge in [0.25, 0.3) is 5.91 Å². The van der Waals surface area contributed by atoms with Gasteiger partial charge in [-0.15, -0.1) is 0 Å². The maximum atomic E-state index is 13.6. The van der Waals surface area contributed by atoms with Gasteiger partial charge in [-0.25, -0.2) is 4.39 Å². The predicted molar refractivity (Wildman–Crippen MR) is 106 cm³/mol. The van der Waals surface area contributed by atoms with Crippen LogP contribution in [0.4, 0.5) is 10.1 Å². The Labute approximate surface area is 159 Å². The number of hydrogen-bond donors (Lipinski definition) is 0. The van der Waals surface area contributed by atoms with Gasteiger partial charge in [-0.1, -0.05) is 30.3 Å². The Bertz CT molecular complexity index is 991. The third kappa shape index (κ3) is 3.27. The Kier molecular flexibility index (Phi) is 4.56. The number of rotatable bonds is 3. The number of fused-ring (bicyclic) bond motifs is 1. The summed E-state index contributed by atoms with van der Waals surface area (Å²) in [4.78, 5) is 15.1. The van der Waals surface area contributed by atoms with Crippen LogP contribution in [0, 0.1) is 19.7 Å². The molecule has 0 aliphatic carbocycles. The average Bonchev–Trinajstić information content (AvgIpc) is 2.96. The predicted octanol–water partition coefficient (Wildman–Crippen LogP) is 4.89. The van der Waals surface area contributed by atoms with Crippen molar-refractivity contribution in [3.05, 3.63) is 88.5 Å². The Morgan fingerprint density at radius 3 is 2.63 bits per heavy atom. The molecule has 1 aromatic heterocycles. The molecular weight excluding hydrogens is 339 g/mol. The number of benzene rings is 2. The fourth-order valence-corrected chi connectivity index (χ4v) is 3.95. The number of aryl methyl sites for hydroxylation is 2. The number of carbonyl (C=O) groups is 1. The SMILES string of the molecule is Cc1cc(C(=O)N2CCCc3cc(F)ccc32)c(C)n1Cc1ccccc1. The minimum atomic E-state index is -0.246. The first-order chi connectivity index (χ1) is 13.0. The molecule has 2 aromatic carbocycles. The molecule has 0 saturated carbocycles. The zero-order chi connectivity index (χ0) is 19.0. The van der Waals surface area contributed by atoms with Gasteiger partial charge in [0.2, 0.25) is 0 Å². The summed E-state index contributed by atoms with van der Waals surface area (Å²) in [5.74, 6) is -0.251. The molecule has 3 aromatic rings. The topological polar surface area (TPSA) is 25.2 Å². The number of amides is 1. The molecule has 2 heterocycles. The summed E-state index contributed by atoms with van der Waals surface area (Å²) in [7, 11) is 0. The highest BCUT2D eigenvalue weighted by Gasteiger charge is 2.26. The molecule has 3 nitrogen and oxygen atoms in total. The Hall–Kier alpha value is -2.88. The van der Waals surface area contributed by atoms with Gasteiger partial charge in [-0.2, -0.15) is 0 Å². The highest BCUT2D eigenvalue weighted by Crippen LogP contribution is 2.30. The molecule has 0 unspecified atom stereocenters. The van der Waals surface area contributed by atoms with Crippen molar-refractivity contribution in [3.63, 3.8) is 0 Å². The van der Waals surface area contributed by atoms with Gasteiger partial charge >= 0.3 is 0 Å². The fourth-order valence-electron chi connectivity index (χ4n) is 3.95. The van der Waals surface area contributed by atoms with Crippen LogP contribution in [0.2, 0.25) is 0 Å². The standard InChI is InChI=1S/C23H23FN2O/c1-16-13-21(17(2)26(16)15-18-7-4-3-5-8-18)23(27)25-12-6-9-19-14-20(24)10-11-22(19)25/h3-5,7-8,10-11,13-14H,6,9,12,15H2,1-2H3. The normalized spacial score (nSPS) is 13.5. The number of carbonyl (C=O) groups excluding carboxylic acids is 1. The summed E-state index contributed by atoms with van der Waals surface area (Å²) >= 11 is 0. The second-order valence-electron chi connectivity index (χ2n) is 7.19. The van der Waals surface area contributed by atoms with E-state index in [9.17, 15) is 9.18 Å². The lowest BCUT2D eigenvalue weighted by Crippen LogP contribution is -2.35. The fraction of sp³-hybridized carbons (Fsp3) is 0.261. The summed E-state index contributed by atoms with van der Waals surface area (Å²) in [5.41, 5.74) is 5.71. The second-order valence-corrected chi connectivity index (χ2v) is 7.19. The van der Waals surface area contributed by atoms with Gasteiger partial charge in [0.1, 0.15) is 5.82 Å². The third-order valence-corrected chi connectivity index (χ3v) is 5.39. The first kappa shape index (κ1) is 17.5. The van der Waals surface area contributed by atoms with E-state index in [1.54, 1.807) is 17.0 Å². The smallest absolute Gasteiger partial charge is 0.260 e. The number of anilines is 1. The van der Waals surface area contributed by atoms with E-state index in [2.05, 4.69) is 16.7 Å². The van der Waals surface area contributed by atoms with Crippen LogP contribution in [0.1, 0.15) is 39.3 Å². The van der Waals surface area contributed by atoms with Crippen LogP contribution in [0.3, 0.4) is 0 Å². The third-order valence-electron chi connectivity index (χ3n) is 5.39. The van der Waals surface area contributed by atoms with Crippen molar-refractivity contribution in [2.24, 2.45) is 0 Å². The Morgan fingerprint density at radius 1 is 1.07 bits per heavy atom. The van der Waals surface area contributed by atoms with Gasteiger partial charge in [0.15, 0.2) is 0 Å². The molecular formula is C23H23FN2O. The number of nitrogens with zero attached hydrogens (tertiary/aromatic N) is 2. The van der Waals surface area contributed by atoms with E-state index in [1.807, 2.05) is 38.1 Å². The zero-order valence-electron chi connectivity index (χ0n) is 15.7. The maximum absolute atomic E-state index is 13.6. The molecule has 1 aliphatic heterocycles. The molecule has 0 atom stereocenters. The molecule has 0 fully saturated rings. The van der Waals surface area contributed by atoms with E-state index in [-0.39, 0.29) is 11.7 Å². The van der Waals surface area contributed by atoms with E-state index in [0.717, 1.165) is 47.6 Å². The largest absolute Gasteiger partial charge is 0.344 e. The van der Waals surface area contributed by atoms with Crippen LogP contribution in [0.5, 0.6) is 0 Å². The van der Waals surface area contributed by atoms with E-state index >= 15 is 0 Å².